The zero-order valence-electron chi connectivity index (χ0n) is 11.9. The summed E-state index contributed by atoms with van der Waals surface area (Å²) < 4.78 is 5.38. The van der Waals surface area contributed by atoms with Crippen LogP contribution in [0, 0.1) is 11.3 Å². The molecule has 1 aromatic carbocycles. The van der Waals surface area contributed by atoms with Crippen molar-refractivity contribution in [2.24, 2.45) is 0 Å². The Kier molecular flexibility index (Phi) is 4.41. The number of benzene rings is 1. The summed E-state index contributed by atoms with van der Waals surface area (Å²) in [5, 5.41) is 8.99. The molecule has 0 aromatic heterocycles. The van der Waals surface area contributed by atoms with Crippen molar-refractivity contribution in [1.29, 1.82) is 5.26 Å². The maximum atomic E-state index is 8.99. The smallest absolute Gasteiger partial charge is 0.123 e. The number of methoxy groups -OCH3 is 1. The highest BCUT2D eigenvalue weighted by Crippen LogP contribution is 2.24. The molecule has 4 heteroatoms. The minimum Gasteiger partial charge on any atom is -0.496 e. The van der Waals surface area contributed by atoms with Gasteiger partial charge in [-0.2, -0.15) is 5.26 Å². The van der Waals surface area contributed by atoms with Crippen LogP contribution >= 0.6 is 0 Å². The molecule has 1 unspecified atom stereocenters. The number of nitriles is 1. The Morgan fingerprint density at radius 1 is 1.47 bits per heavy atom. The van der Waals surface area contributed by atoms with E-state index in [4.69, 9.17) is 10.00 Å². The highest BCUT2D eigenvalue weighted by Gasteiger charge is 2.24. The number of ether oxygens (including phenoxy) is 1. The van der Waals surface area contributed by atoms with Gasteiger partial charge in [0.15, 0.2) is 0 Å². The molecule has 0 bridgehead atoms. The van der Waals surface area contributed by atoms with Gasteiger partial charge >= 0.3 is 0 Å². The first kappa shape index (κ1) is 13.9. The molecule has 0 spiro atoms. The van der Waals surface area contributed by atoms with Crippen LogP contribution < -0.4 is 4.74 Å². The second-order valence-electron chi connectivity index (χ2n) is 5.28. The third-order valence-corrected chi connectivity index (χ3v) is 3.78. The van der Waals surface area contributed by atoms with Crippen molar-refractivity contribution in [3.05, 3.63) is 29.3 Å². The SMILES string of the molecule is COc1ccc(C#N)cc1CN1CCC(N(C)C)C1. The van der Waals surface area contributed by atoms with E-state index >= 15 is 0 Å². The molecule has 1 aromatic rings. The van der Waals surface area contributed by atoms with Gasteiger partial charge in [-0.3, -0.25) is 4.90 Å². The van der Waals surface area contributed by atoms with Crippen LogP contribution in [0.5, 0.6) is 5.75 Å². The van der Waals surface area contributed by atoms with Crippen LogP contribution in [0.15, 0.2) is 18.2 Å². The standard InChI is InChI=1S/C15H21N3O/c1-17(2)14-6-7-18(11-14)10-13-8-12(9-16)4-5-15(13)19-3/h4-5,8,14H,6-7,10-11H2,1-3H3. The van der Waals surface area contributed by atoms with Crippen LogP contribution in [0.1, 0.15) is 17.5 Å². The fourth-order valence-electron chi connectivity index (χ4n) is 2.59. The Hall–Kier alpha value is -1.57. The molecule has 1 aliphatic heterocycles. The highest BCUT2D eigenvalue weighted by molar-refractivity contribution is 5.42. The van der Waals surface area contributed by atoms with Crippen LogP contribution in [0.2, 0.25) is 0 Å². The van der Waals surface area contributed by atoms with Gasteiger partial charge < -0.3 is 9.64 Å². The molecule has 19 heavy (non-hydrogen) atoms. The van der Waals surface area contributed by atoms with Crippen molar-refractivity contribution in [3.63, 3.8) is 0 Å². The molecule has 0 N–H and O–H groups in total. The summed E-state index contributed by atoms with van der Waals surface area (Å²) in [6.07, 6.45) is 1.20. The molecule has 1 fully saturated rings. The van der Waals surface area contributed by atoms with Gasteiger partial charge in [0, 0.05) is 31.2 Å². The van der Waals surface area contributed by atoms with Gasteiger partial charge in [0.2, 0.25) is 0 Å². The quantitative estimate of drug-likeness (QED) is 0.825. The van der Waals surface area contributed by atoms with Gasteiger partial charge in [0.1, 0.15) is 5.75 Å². The molecule has 1 atom stereocenters. The van der Waals surface area contributed by atoms with Gasteiger partial charge in [-0.25, -0.2) is 0 Å². The maximum absolute atomic E-state index is 8.99. The van der Waals surface area contributed by atoms with E-state index in [1.807, 2.05) is 12.1 Å². The molecule has 0 amide bonds. The van der Waals surface area contributed by atoms with Crippen molar-refractivity contribution in [2.75, 3.05) is 34.3 Å². The number of nitrogens with zero attached hydrogens (tertiary/aromatic N) is 3. The van der Waals surface area contributed by atoms with Crippen LogP contribution in [0.3, 0.4) is 0 Å². The summed E-state index contributed by atoms with van der Waals surface area (Å²) in [6, 6.07) is 8.43. The molecule has 0 radical (unpaired) electrons. The molecule has 4 nitrogen and oxygen atoms in total. The summed E-state index contributed by atoms with van der Waals surface area (Å²) in [5.41, 5.74) is 1.79. The molecular formula is C15H21N3O. The molecule has 0 saturated carbocycles. The molecule has 1 aliphatic rings. The topological polar surface area (TPSA) is 39.5 Å². The van der Waals surface area contributed by atoms with Gasteiger partial charge in [-0.15, -0.1) is 0 Å². The summed E-state index contributed by atoms with van der Waals surface area (Å²) in [5.74, 6) is 0.868. The average molecular weight is 259 g/mol. The van der Waals surface area contributed by atoms with Gasteiger partial charge in [0.05, 0.1) is 18.7 Å². The molecular weight excluding hydrogens is 238 g/mol. The third kappa shape index (κ3) is 3.25. The molecule has 0 aliphatic carbocycles. The largest absolute Gasteiger partial charge is 0.496 e. The van der Waals surface area contributed by atoms with Crippen LogP contribution in [0.25, 0.3) is 0 Å². The Bertz CT molecular complexity index is 479. The minimum atomic E-state index is 0.630. The van der Waals surface area contributed by atoms with Crippen molar-refractivity contribution >= 4 is 0 Å². The van der Waals surface area contributed by atoms with Gasteiger partial charge in [-0.05, 0) is 38.7 Å². The van der Waals surface area contributed by atoms with Gasteiger partial charge in [-0.1, -0.05) is 0 Å². The second-order valence-corrected chi connectivity index (χ2v) is 5.28. The van der Waals surface area contributed by atoms with Crippen molar-refractivity contribution < 1.29 is 4.74 Å². The Morgan fingerprint density at radius 2 is 2.26 bits per heavy atom. The first-order valence-corrected chi connectivity index (χ1v) is 6.60. The fourth-order valence-corrected chi connectivity index (χ4v) is 2.59. The molecule has 1 heterocycles. The number of likely N-dealkylation sites (tertiary alicyclic amines) is 1. The lowest BCUT2D eigenvalue weighted by Crippen LogP contribution is -2.31. The molecule has 1 saturated heterocycles. The van der Waals surface area contributed by atoms with Crippen LogP contribution in [-0.2, 0) is 6.54 Å². The lowest BCUT2D eigenvalue weighted by Gasteiger charge is -2.21. The monoisotopic (exact) mass is 259 g/mol. The summed E-state index contributed by atoms with van der Waals surface area (Å²) in [4.78, 5) is 4.70. The first-order valence-electron chi connectivity index (χ1n) is 6.60. The lowest BCUT2D eigenvalue weighted by molar-refractivity contribution is 0.262. The Labute approximate surface area is 115 Å². The van der Waals surface area contributed by atoms with Crippen molar-refractivity contribution in [2.45, 2.75) is 19.0 Å². The number of rotatable bonds is 4. The molecule has 2 rings (SSSR count). The molecule has 102 valence electrons. The highest BCUT2D eigenvalue weighted by atomic mass is 16.5. The second kappa shape index (κ2) is 6.05. The Morgan fingerprint density at radius 3 is 2.84 bits per heavy atom. The van der Waals surface area contributed by atoms with E-state index in [0.29, 0.717) is 11.6 Å². The summed E-state index contributed by atoms with van der Waals surface area (Å²) in [7, 11) is 5.94. The lowest BCUT2D eigenvalue weighted by atomic mass is 10.1. The van der Waals surface area contributed by atoms with E-state index in [-0.39, 0.29) is 0 Å². The van der Waals surface area contributed by atoms with E-state index < -0.39 is 0 Å². The van der Waals surface area contributed by atoms with E-state index in [2.05, 4.69) is 30.0 Å². The summed E-state index contributed by atoms with van der Waals surface area (Å²) >= 11 is 0. The predicted octanol–water partition coefficient (Wildman–Crippen LogP) is 1.70. The zero-order valence-corrected chi connectivity index (χ0v) is 11.9. The normalized spacial score (nSPS) is 19.6. The average Bonchev–Trinajstić information content (AvgIpc) is 2.87. The van der Waals surface area contributed by atoms with Crippen molar-refractivity contribution in [1.82, 2.24) is 9.80 Å². The van der Waals surface area contributed by atoms with E-state index in [0.717, 1.165) is 30.9 Å². The van der Waals surface area contributed by atoms with E-state index in [1.165, 1.54) is 6.42 Å². The van der Waals surface area contributed by atoms with E-state index in [1.54, 1.807) is 13.2 Å². The Balaban J connectivity index is 2.09. The third-order valence-electron chi connectivity index (χ3n) is 3.78. The fraction of sp³-hybridized carbons (Fsp3) is 0.533. The maximum Gasteiger partial charge on any atom is 0.123 e. The van der Waals surface area contributed by atoms with Crippen LogP contribution in [0.4, 0.5) is 0 Å². The number of likely N-dealkylation sites (N-methyl/N-ethyl adjacent to an activating group) is 1. The van der Waals surface area contributed by atoms with Gasteiger partial charge in [0.25, 0.3) is 0 Å². The number of hydrogen-bond donors (Lipinski definition) is 0. The van der Waals surface area contributed by atoms with Crippen molar-refractivity contribution in [3.8, 4) is 11.8 Å². The number of hydrogen-bond acceptors (Lipinski definition) is 4. The predicted molar refractivity (Wildman–Crippen MR) is 75.1 cm³/mol. The summed E-state index contributed by atoms with van der Waals surface area (Å²) in [6.45, 7) is 3.03. The zero-order chi connectivity index (χ0) is 13.8. The van der Waals surface area contributed by atoms with E-state index in [9.17, 15) is 0 Å². The minimum absolute atomic E-state index is 0.630. The first-order chi connectivity index (χ1) is 9.13. The van der Waals surface area contributed by atoms with Crippen LogP contribution in [-0.4, -0.2) is 50.1 Å².